The number of hydrogen-bond acceptors (Lipinski definition) is 2. The van der Waals surface area contributed by atoms with Crippen molar-refractivity contribution in [1.29, 1.82) is 0 Å². The zero-order valence-electron chi connectivity index (χ0n) is 10.6. The molecule has 1 aliphatic rings. The first kappa shape index (κ1) is 11.4. The van der Waals surface area contributed by atoms with Gasteiger partial charge in [0.05, 0.1) is 11.4 Å². The Labute approximate surface area is 98.5 Å². The van der Waals surface area contributed by atoms with Crippen LogP contribution < -0.4 is 5.32 Å². The Morgan fingerprint density at radius 2 is 2.12 bits per heavy atom. The van der Waals surface area contributed by atoms with Crippen LogP contribution in [0.1, 0.15) is 44.0 Å². The second-order valence-corrected chi connectivity index (χ2v) is 4.96. The highest BCUT2D eigenvalue weighted by Gasteiger charge is 2.30. The molecule has 88 valence electrons. The molecule has 1 saturated carbocycles. The van der Waals surface area contributed by atoms with E-state index in [0.29, 0.717) is 6.04 Å². The molecule has 16 heavy (non-hydrogen) atoms. The fourth-order valence-electron chi connectivity index (χ4n) is 2.27. The van der Waals surface area contributed by atoms with E-state index in [-0.39, 0.29) is 0 Å². The minimum absolute atomic E-state index is 0.660. The van der Waals surface area contributed by atoms with Gasteiger partial charge in [-0.25, -0.2) is 0 Å². The third-order valence-corrected chi connectivity index (χ3v) is 3.36. The largest absolute Gasteiger partial charge is 0.381 e. The highest BCUT2D eigenvalue weighted by molar-refractivity contribution is 5.48. The molecule has 1 aromatic rings. The summed E-state index contributed by atoms with van der Waals surface area (Å²) in [6.45, 7) is 6.39. The molecule has 1 atom stereocenters. The summed E-state index contributed by atoms with van der Waals surface area (Å²) in [6, 6.07) is 4.92. The number of nitrogens with zero attached hydrogens (tertiary/aromatic N) is 1. The zero-order valence-corrected chi connectivity index (χ0v) is 10.6. The molecule has 1 aliphatic carbocycles. The molecule has 2 heteroatoms. The third kappa shape index (κ3) is 2.75. The fourth-order valence-corrected chi connectivity index (χ4v) is 2.27. The topological polar surface area (TPSA) is 24.9 Å². The van der Waals surface area contributed by atoms with Crippen LogP contribution in [0.5, 0.6) is 0 Å². The van der Waals surface area contributed by atoms with Crippen LogP contribution in [0.25, 0.3) is 0 Å². The van der Waals surface area contributed by atoms with Crippen molar-refractivity contribution in [2.45, 2.75) is 52.5 Å². The first-order valence-corrected chi connectivity index (χ1v) is 6.41. The van der Waals surface area contributed by atoms with E-state index in [9.17, 15) is 0 Å². The van der Waals surface area contributed by atoms with Gasteiger partial charge in [-0.15, -0.1) is 0 Å². The van der Waals surface area contributed by atoms with Crippen LogP contribution >= 0.6 is 0 Å². The zero-order chi connectivity index (χ0) is 11.5. The quantitative estimate of drug-likeness (QED) is 0.815. The maximum atomic E-state index is 4.50. The van der Waals surface area contributed by atoms with Crippen molar-refractivity contribution in [3.63, 3.8) is 0 Å². The van der Waals surface area contributed by atoms with Crippen molar-refractivity contribution in [2.24, 2.45) is 5.92 Å². The van der Waals surface area contributed by atoms with Crippen molar-refractivity contribution < 1.29 is 0 Å². The van der Waals surface area contributed by atoms with Crippen LogP contribution in [-0.4, -0.2) is 11.0 Å². The van der Waals surface area contributed by atoms with Gasteiger partial charge in [-0.05, 0) is 51.2 Å². The lowest BCUT2D eigenvalue weighted by Gasteiger charge is -2.20. The monoisotopic (exact) mass is 218 g/mol. The van der Waals surface area contributed by atoms with Gasteiger partial charge in [-0.3, -0.25) is 4.98 Å². The smallest absolute Gasteiger partial charge is 0.0606 e. The molecule has 0 saturated heterocycles. The summed E-state index contributed by atoms with van der Waals surface area (Å²) in [5.74, 6) is 0.903. The number of nitrogens with one attached hydrogen (secondary N) is 1. The molecule has 0 bridgehead atoms. The number of anilines is 1. The molecule has 1 heterocycles. The minimum atomic E-state index is 0.660. The second-order valence-electron chi connectivity index (χ2n) is 4.96. The first-order valence-electron chi connectivity index (χ1n) is 6.41. The lowest BCUT2D eigenvalue weighted by molar-refractivity contribution is 0.577. The van der Waals surface area contributed by atoms with E-state index in [0.717, 1.165) is 17.3 Å². The lowest BCUT2D eigenvalue weighted by Crippen LogP contribution is -2.22. The number of aromatic nitrogens is 1. The van der Waals surface area contributed by atoms with E-state index in [1.165, 1.54) is 31.4 Å². The lowest BCUT2D eigenvalue weighted by atomic mass is 10.1. The molecule has 0 aromatic carbocycles. The van der Waals surface area contributed by atoms with E-state index in [1.54, 1.807) is 0 Å². The highest BCUT2D eigenvalue weighted by Crippen LogP contribution is 2.36. The summed E-state index contributed by atoms with van der Waals surface area (Å²) in [4.78, 5) is 4.50. The van der Waals surface area contributed by atoms with E-state index in [2.05, 4.69) is 36.3 Å². The van der Waals surface area contributed by atoms with Gasteiger partial charge < -0.3 is 5.32 Å². The number of hydrogen-bond donors (Lipinski definition) is 1. The van der Waals surface area contributed by atoms with Gasteiger partial charge in [-0.2, -0.15) is 0 Å². The molecule has 1 fully saturated rings. The molecule has 1 aromatic heterocycles. The molecular formula is C14H22N2. The van der Waals surface area contributed by atoms with Crippen molar-refractivity contribution in [2.75, 3.05) is 5.32 Å². The van der Waals surface area contributed by atoms with Crippen LogP contribution in [0.3, 0.4) is 0 Å². The Morgan fingerprint density at radius 1 is 1.38 bits per heavy atom. The maximum absolute atomic E-state index is 4.50. The van der Waals surface area contributed by atoms with Crippen LogP contribution in [0.4, 0.5) is 5.69 Å². The summed E-state index contributed by atoms with van der Waals surface area (Å²) in [6.07, 6.45) is 5.33. The minimum Gasteiger partial charge on any atom is -0.381 e. The molecule has 1 unspecified atom stereocenters. The van der Waals surface area contributed by atoms with Gasteiger partial charge >= 0.3 is 0 Å². The van der Waals surface area contributed by atoms with E-state index < -0.39 is 0 Å². The molecule has 0 amide bonds. The molecule has 0 aliphatic heterocycles. The van der Waals surface area contributed by atoms with Gasteiger partial charge in [0, 0.05) is 11.7 Å². The molecule has 0 radical (unpaired) electrons. The summed E-state index contributed by atoms with van der Waals surface area (Å²) >= 11 is 0. The van der Waals surface area contributed by atoms with Crippen molar-refractivity contribution >= 4 is 5.69 Å². The van der Waals surface area contributed by atoms with Crippen molar-refractivity contribution in [3.8, 4) is 0 Å². The third-order valence-electron chi connectivity index (χ3n) is 3.36. The number of pyridine rings is 1. The predicted molar refractivity (Wildman–Crippen MR) is 68.8 cm³/mol. The van der Waals surface area contributed by atoms with Crippen LogP contribution in [0.2, 0.25) is 0 Å². The van der Waals surface area contributed by atoms with Gasteiger partial charge in [0.2, 0.25) is 0 Å². The van der Waals surface area contributed by atoms with E-state index in [4.69, 9.17) is 0 Å². The molecule has 0 spiro atoms. The Bertz CT molecular complexity index is 356. The van der Waals surface area contributed by atoms with Crippen LogP contribution in [0, 0.1) is 19.8 Å². The van der Waals surface area contributed by atoms with Crippen molar-refractivity contribution in [1.82, 2.24) is 4.98 Å². The predicted octanol–water partition coefficient (Wildman–Crippen LogP) is 3.69. The summed E-state index contributed by atoms with van der Waals surface area (Å²) in [7, 11) is 0. The molecular weight excluding hydrogens is 196 g/mol. The van der Waals surface area contributed by atoms with Gasteiger partial charge in [0.1, 0.15) is 0 Å². The summed E-state index contributed by atoms with van der Waals surface area (Å²) in [5.41, 5.74) is 3.44. The van der Waals surface area contributed by atoms with Crippen LogP contribution in [0.15, 0.2) is 12.1 Å². The Morgan fingerprint density at radius 3 is 2.69 bits per heavy atom. The Hall–Kier alpha value is -1.05. The molecule has 1 N–H and O–H groups in total. The SMILES string of the molecule is CCCC(Nc1ccc(C)nc1C)C1CC1. The molecule has 2 rings (SSSR count). The van der Waals surface area contributed by atoms with Gasteiger partial charge in [-0.1, -0.05) is 13.3 Å². The Balaban J connectivity index is 2.05. The summed E-state index contributed by atoms with van der Waals surface area (Å²) in [5, 5.41) is 3.67. The fraction of sp³-hybridized carbons (Fsp3) is 0.643. The van der Waals surface area contributed by atoms with Gasteiger partial charge in [0.25, 0.3) is 0 Å². The van der Waals surface area contributed by atoms with Crippen LogP contribution in [-0.2, 0) is 0 Å². The standard InChI is InChI=1S/C14H22N2/c1-4-5-14(12-7-8-12)16-13-9-6-10(2)15-11(13)3/h6,9,12,14,16H,4-5,7-8H2,1-3H3. The van der Waals surface area contributed by atoms with Gasteiger partial charge in [0.15, 0.2) is 0 Å². The van der Waals surface area contributed by atoms with E-state index >= 15 is 0 Å². The Kier molecular flexibility index (Phi) is 3.47. The number of rotatable bonds is 5. The number of aryl methyl sites for hydroxylation is 2. The molecule has 2 nitrogen and oxygen atoms in total. The first-order chi connectivity index (χ1) is 7.70. The van der Waals surface area contributed by atoms with Crippen molar-refractivity contribution in [3.05, 3.63) is 23.5 Å². The average Bonchev–Trinajstić information content (AvgIpc) is 3.04. The normalized spacial score (nSPS) is 17.2. The highest BCUT2D eigenvalue weighted by atomic mass is 15.0. The average molecular weight is 218 g/mol. The summed E-state index contributed by atoms with van der Waals surface area (Å²) < 4.78 is 0. The second kappa shape index (κ2) is 4.86. The van der Waals surface area contributed by atoms with E-state index in [1.807, 2.05) is 6.92 Å². The maximum Gasteiger partial charge on any atom is 0.0606 e.